The third kappa shape index (κ3) is 6.07. The lowest BCUT2D eigenvalue weighted by molar-refractivity contribution is -0.119. The van der Waals surface area contributed by atoms with Gasteiger partial charge in [-0.1, -0.05) is 74.3 Å². The summed E-state index contributed by atoms with van der Waals surface area (Å²) in [6.45, 7) is 5.05. The molecule has 4 rings (SSSR count). The van der Waals surface area contributed by atoms with Crippen LogP contribution in [0.15, 0.2) is 53.7 Å². The average Bonchev–Trinajstić information content (AvgIpc) is 3.45. The monoisotopic (exact) mass is 466 g/mol. The fraction of sp³-hybridized carbons (Fsp3) is 0.400. The van der Waals surface area contributed by atoms with Crippen molar-refractivity contribution in [1.29, 1.82) is 0 Å². The van der Waals surface area contributed by atoms with Crippen LogP contribution in [-0.4, -0.2) is 39.3 Å². The molecule has 0 spiro atoms. The Hall–Kier alpha value is -3.00. The molecule has 1 atom stereocenters. The summed E-state index contributed by atoms with van der Waals surface area (Å²) in [6, 6.07) is 16.1. The maximum Gasteiger partial charge on any atom is 0.231 e. The van der Waals surface area contributed by atoms with Gasteiger partial charge < -0.3 is 14.8 Å². The Labute approximate surface area is 198 Å². The van der Waals surface area contributed by atoms with Gasteiger partial charge in [-0.3, -0.25) is 9.36 Å². The van der Waals surface area contributed by atoms with Crippen LogP contribution in [-0.2, 0) is 11.3 Å². The summed E-state index contributed by atoms with van der Waals surface area (Å²) < 4.78 is 13.0. The third-order valence-corrected chi connectivity index (χ3v) is 6.47. The predicted molar refractivity (Wildman–Crippen MR) is 130 cm³/mol. The Morgan fingerprint density at radius 1 is 1.12 bits per heavy atom. The number of carbonyl (C=O) groups excluding carboxylic acids is 1. The first kappa shape index (κ1) is 23.2. The van der Waals surface area contributed by atoms with E-state index < -0.39 is 0 Å². The van der Waals surface area contributed by atoms with Gasteiger partial charge in [0, 0.05) is 11.6 Å². The second-order valence-electron chi connectivity index (χ2n) is 8.20. The van der Waals surface area contributed by atoms with E-state index in [-0.39, 0.29) is 18.7 Å². The standard InChI is InChI=1S/C25H30N4O3S/c1-3-4-6-9-18(2)26-23(30)16-33-25-28-27-24(20-10-7-5-8-11-20)29(25)15-19-12-13-21-22(14-19)32-17-31-21/h5,7-8,10-14,18H,3-4,6,9,15-17H2,1-2H3,(H,26,30). The summed E-state index contributed by atoms with van der Waals surface area (Å²) in [5, 5.41) is 12.7. The van der Waals surface area contributed by atoms with E-state index in [0.717, 1.165) is 41.3 Å². The number of nitrogens with zero attached hydrogens (tertiary/aromatic N) is 3. The van der Waals surface area contributed by atoms with Crippen LogP contribution in [0.4, 0.5) is 0 Å². The van der Waals surface area contributed by atoms with Crippen molar-refractivity contribution in [2.24, 2.45) is 0 Å². The zero-order chi connectivity index (χ0) is 23.0. The molecule has 1 aliphatic heterocycles. The lowest BCUT2D eigenvalue weighted by atomic mass is 10.1. The minimum atomic E-state index is 0.0166. The van der Waals surface area contributed by atoms with Crippen molar-refractivity contribution in [1.82, 2.24) is 20.1 Å². The third-order valence-electron chi connectivity index (χ3n) is 5.51. The second-order valence-corrected chi connectivity index (χ2v) is 9.14. The van der Waals surface area contributed by atoms with Crippen molar-refractivity contribution in [2.75, 3.05) is 12.5 Å². The summed E-state index contributed by atoms with van der Waals surface area (Å²) in [4.78, 5) is 12.5. The molecule has 1 amide bonds. The van der Waals surface area contributed by atoms with Crippen LogP contribution in [0.3, 0.4) is 0 Å². The Morgan fingerprint density at radius 2 is 1.94 bits per heavy atom. The summed E-state index contributed by atoms with van der Waals surface area (Å²) in [5.41, 5.74) is 2.03. The zero-order valence-electron chi connectivity index (χ0n) is 19.1. The highest BCUT2D eigenvalue weighted by Gasteiger charge is 2.19. The molecule has 8 heteroatoms. The highest BCUT2D eigenvalue weighted by molar-refractivity contribution is 7.99. The van der Waals surface area contributed by atoms with Crippen LogP contribution in [0.2, 0.25) is 0 Å². The van der Waals surface area contributed by atoms with Crippen LogP contribution in [0.1, 0.15) is 45.1 Å². The van der Waals surface area contributed by atoms with Gasteiger partial charge in [0.25, 0.3) is 0 Å². The number of thioether (sulfide) groups is 1. The first-order chi connectivity index (χ1) is 16.1. The number of benzene rings is 2. The lowest BCUT2D eigenvalue weighted by Crippen LogP contribution is -2.33. The highest BCUT2D eigenvalue weighted by Crippen LogP contribution is 2.33. The number of rotatable bonds is 11. The number of ether oxygens (including phenoxy) is 2. The van der Waals surface area contributed by atoms with Gasteiger partial charge in [0.15, 0.2) is 22.5 Å². The fourth-order valence-corrected chi connectivity index (χ4v) is 4.53. The molecule has 0 aliphatic carbocycles. The molecule has 0 bridgehead atoms. The Balaban J connectivity index is 1.48. The minimum Gasteiger partial charge on any atom is -0.454 e. The maximum atomic E-state index is 12.5. The van der Waals surface area contributed by atoms with E-state index in [9.17, 15) is 4.79 Å². The van der Waals surface area contributed by atoms with Crippen LogP contribution in [0, 0.1) is 0 Å². The molecule has 1 aliphatic rings. The number of hydrogen-bond acceptors (Lipinski definition) is 6. The quantitative estimate of drug-likeness (QED) is 0.320. The van der Waals surface area contributed by atoms with E-state index in [1.807, 2.05) is 48.5 Å². The second kappa shape index (κ2) is 11.2. The number of carbonyl (C=O) groups is 1. The number of unbranched alkanes of at least 4 members (excludes halogenated alkanes) is 2. The van der Waals surface area contributed by atoms with E-state index in [4.69, 9.17) is 9.47 Å². The Bertz CT molecular complexity index is 1070. The molecule has 1 unspecified atom stereocenters. The number of fused-ring (bicyclic) bond motifs is 1. The van der Waals surface area contributed by atoms with Crippen molar-refractivity contribution >= 4 is 17.7 Å². The summed E-state index contributed by atoms with van der Waals surface area (Å²) in [6.07, 6.45) is 4.51. The number of amides is 1. The van der Waals surface area contributed by atoms with Gasteiger partial charge in [-0.05, 0) is 31.0 Å². The predicted octanol–water partition coefficient (Wildman–Crippen LogP) is 4.90. The molecule has 0 saturated heterocycles. The normalized spacial score (nSPS) is 13.2. The molecule has 0 saturated carbocycles. The number of aromatic nitrogens is 3. The minimum absolute atomic E-state index is 0.0166. The van der Waals surface area contributed by atoms with E-state index in [0.29, 0.717) is 17.5 Å². The SMILES string of the molecule is CCCCCC(C)NC(=O)CSc1nnc(-c2ccccc2)n1Cc1ccc2c(c1)OCO2. The molecule has 33 heavy (non-hydrogen) atoms. The lowest BCUT2D eigenvalue weighted by Gasteiger charge is -2.14. The van der Waals surface area contributed by atoms with Crippen LogP contribution < -0.4 is 14.8 Å². The van der Waals surface area contributed by atoms with Gasteiger partial charge in [-0.2, -0.15) is 0 Å². The van der Waals surface area contributed by atoms with Crippen molar-refractivity contribution in [3.8, 4) is 22.9 Å². The molecule has 0 fully saturated rings. The summed E-state index contributed by atoms with van der Waals surface area (Å²) in [5.74, 6) is 2.58. The molecule has 1 N–H and O–H groups in total. The van der Waals surface area contributed by atoms with Gasteiger partial charge >= 0.3 is 0 Å². The topological polar surface area (TPSA) is 78.3 Å². The molecule has 2 aromatic carbocycles. The number of nitrogens with one attached hydrogen (secondary N) is 1. The van der Waals surface area contributed by atoms with E-state index in [2.05, 4.69) is 33.9 Å². The van der Waals surface area contributed by atoms with Crippen molar-refractivity contribution in [3.63, 3.8) is 0 Å². The van der Waals surface area contributed by atoms with Gasteiger partial charge in [0.2, 0.25) is 12.7 Å². The fourth-order valence-electron chi connectivity index (χ4n) is 3.78. The van der Waals surface area contributed by atoms with Gasteiger partial charge in [0.05, 0.1) is 12.3 Å². The molecule has 7 nitrogen and oxygen atoms in total. The maximum absolute atomic E-state index is 12.5. The summed E-state index contributed by atoms with van der Waals surface area (Å²) >= 11 is 1.41. The molecular formula is C25H30N4O3S. The molecule has 3 aromatic rings. The van der Waals surface area contributed by atoms with Crippen molar-refractivity contribution in [3.05, 3.63) is 54.1 Å². The first-order valence-corrected chi connectivity index (χ1v) is 12.4. The molecular weight excluding hydrogens is 436 g/mol. The van der Waals surface area contributed by atoms with Crippen LogP contribution >= 0.6 is 11.8 Å². The van der Waals surface area contributed by atoms with Crippen molar-refractivity contribution < 1.29 is 14.3 Å². The Kier molecular flexibility index (Phi) is 7.88. The van der Waals surface area contributed by atoms with Gasteiger partial charge in [-0.25, -0.2) is 0 Å². The number of hydrogen-bond donors (Lipinski definition) is 1. The van der Waals surface area contributed by atoms with E-state index >= 15 is 0 Å². The molecule has 174 valence electrons. The van der Waals surface area contributed by atoms with Crippen molar-refractivity contribution in [2.45, 2.75) is 57.3 Å². The Morgan fingerprint density at radius 3 is 2.76 bits per heavy atom. The molecule has 0 radical (unpaired) electrons. The first-order valence-electron chi connectivity index (χ1n) is 11.4. The summed E-state index contributed by atoms with van der Waals surface area (Å²) in [7, 11) is 0. The van der Waals surface area contributed by atoms with Crippen LogP contribution in [0.25, 0.3) is 11.4 Å². The smallest absolute Gasteiger partial charge is 0.231 e. The zero-order valence-corrected chi connectivity index (χ0v) is 19.9. The average molecular weight is 467 g/mol. The van der Waals surface area contributed by atoms with E-state index in [1.165, 1.54) is 24.6 Å². The van der Waals surface area contributed by atoms with Gasteiger partial charge in [0.1, 0.15) is 0 Å². The molecule has 2 heterocycles. The molecule has 1 aromatic heterocycles. The van der Waals surface area contributed by atoms with Crippen LogP contribution in [0.5, 0.6) is 11.5 Å². The highest BCUT2D eigenvalue weighted by atomic mass is 32.2. The van der Waals surface area contributed by atoms with E-state index in [1.54, 1.807) is 0 Å². The largest absolute Gasteiger partial charge is 0.454 e. The van der Waals surface area contributed by atoms with Gasteiger partial charge in [-0.15, -0.1) is 10.2 Å².